The summed E-state index contributed by atoms with van der Waals surface area (Å²) in [4.78, 5) is 2.42. The Morgan fingerprint density at radius 3 is 2.73 bits per heavy atom. The van der Waals surface area contributed by atoms with Gasteiger partial charge in [-0.25, -0.2) is 0 Å². The Balaban J connectivity index is 1.99. The van der Waals surface area contributed by atoms with Crippen molar-refractivity contribution in [1.29, 1.82) is 0 Å². The molecule has 1 N–H and O–H groups in total. The molecule has 1 atom stereocenters. The van der Waals surface area contributed by atoms with Crippen LogP contribution in [0, 0.1) is 5.92 Å². The Labute approximate surface area is 66.7 Å². The molecular weight excluding hydrogens is 140 g/mol. The van der Waals surface area contributed by atoms with Gasteiger partial charge in [0, 0.05) is 25.0 Å². The molecule has 0 bridgehead atoms. The summed E-state index contributed by atoms with van der Waals surface area (Å²) < 4.78 is 0. The van der Waals surface area contributed by atoms with Crippen molar-refractivity contribution in [3.63, 3.8) is 0 Å². The SMILES string of the molecule is CC1CN(C2CC2)C/C1=N\O. The van der Waals surface area contributed by atoms with Crippen LogP contribution in [0.2, 0.25) is 0 Å². The molecular formula is C8H14N2O. The minimum absolute atomic E-state index is 0.459. The molecule has 3 heteroatoms. The van der Waals surface area contributed by atoms with Crippen molar-refractivity contribution in [2.24, 2.45) is 11.1 Å². The molecule has 0 radical (unpaired) electrons. The van der Waals surface area contributed by atoms with Crippen molar-refractivity contribution in [3.8, 4) is 0 Å². The maximum atomic E-state index is 8.62. The number of likely N-dealkylation sites (tertiary alicyclic amines) is 1. The van der Waals surface area contributed by atoms with Gasteiger partial charge in [0.15, 0.2) is 0 Å². The van der Waals surface area contributed by atoms with Gasteiger partial charge >= 0.3 is 0 Å². The number of nitrogens with zero attached hydrogens (tertiary/aromatic N) is 2. The Morgan fingerprint density at radius 1 is 1.55 bits per heavy atom. The highest BCUT2D eigenvalue weighted by molar-refractivity contribution is 5.89. The van der Waals surface area contributed by atoms with Gasteiger partial charge in [-0.05, 0) is 12.8 Å². The normalized spacial score (nSPS) is 36.8. The second kappa shape index (κ2) is 2.48. The first kappa shape index (κ1) is 7.10. The van der Waals surface area contributed by atoms with Crippen LogP contribution in [0.1, 0.15) is 19.8 Å². The lowest BCUT2D eigenvalue weighted by atomic mass is 10.1. The molecule has 2 aliphatic rings. The molecule has 2 fully saturated rings. The molecule has 2 rings (SSSR count). The van der Waals surface area contributed by atoms with Crippen molar-refractivity contribution in [3.05, 3.63) is 0 Å². The van der Waals surface area contributed by atoms with E-state index in [4.69, 9.17) is 5.21 Å². The smallest absolute Gasteiger partial charge is 0.0751 e. The molecule has 1 unspecified atom stereocenters. The standard InChI is InChI=1S/C8H14N2O/c1-6-4-10(7-2-3-7)5-8(6)9-11/h6-7,11H,2-5H2,1H3/b9-8+. The third-order valence-corrected chi connectivity index (χ3v) is 2.63. The lowest BCUT2D eigenvalue weighted by molar-refractivity contribution is 0.312. The van der Waals surface area contributed by atoms with Crippen molar-refractivity contribution in [2.45, 2.75) is 25.8 Å². The van der Waals surface area contributed by atoms with E-state index < -0.39 is 0 Å². The molecule has 0 aromatic heterocycles. The fraction of sp³-hybridized carbons (Fsp3) is 0.875. The Bertz CT molecular complexity index is 187. The first-order valence-corrected chi connectivity index (χ1v) is 4.26. The highest BCUT2D eigenvalue weighted by Gasteiger charge is 2.36. The van der Waals surface area contributed by atoms with Crippen LogP contribution in [-0.2, 0) is 0 Å². The largest absolute Gasteiger partial charge is 0.411 e. The molecule has 62 valence electrons. The van der Waals surface area contributed by atoms with Crippen molar-refractivity contribution < 1.29 is 5.21 Å². The molecule has 0 amide bonds. The predicted octanol–water partition coefficient (Wildman–Crippen LogP) is 0.931. The average molecular weight is 154 g/mol. The van der Waals surface area contributed by atoms with Gasteiger partial charge in [-0.3, -0.25) is 4.90 Å². The Kier molecular flexibility index (Phi) is 1.60. The summed E-state index contributed by atoms with van der Waals surface area (Å²) in [6.07, 6.45) is 2.68. The van der Waals surface area contributed by atoms with Gasteiger partial charge in [-0.15, -0.1) is 0 Å². The van der Waals surface area contributed by atoms with Crippen LogP contribution >= 0.6 is 0 Å². The zero-order valence-electron chi connectivity index (χ0n) is 6.82. The van der Waals surface area contributed by atoms with Crippen LogP contribution in [0.15, 0.2) is 5.16 Å². The second-order valence-corrected chi connectivity index (χ2v) is 3.65. The van der Waals surface area contributed by atoms with Crippen LogP contribution in [0.4, 0.5) is 0 Å². The maximum Gasteiger partial charge on any atom is 0.0751 e. The van der Waals surface area contributed by atoms with E-state index in [2.05, 4.69) is 17.0 Å². The first-order chi connectivity index (χ1) is 5.31. The molecule has 1 heterocycles. The second-order valence-electron chi connectivity index (χ2n) is 3.65. The van der Waals surface area contributed by atoms with Crippen LogP contribution < -0.4 is 0 Å². The van der Waals surface area contributed by atoms with Crippen LogP contribution in [0.25, 0.3) is 0 Å². The van der Waals surface area contributed by atoms with Gasteiger partial charge in [0.05, 0.1) is 5.71 Å². The number of hydrogen-bond acceptors (Lipinski definition) is 3. The van der Waals surface area contributed by atoms with Gasteiger partial charge in [0.25, 0.3) is 0 Å². The van der Waals surface area contributed by atoms with Gasteiger partial charge in [-0.1, -0.05) is 12.1 Å². The minimum atomic E-state index is 0.459. The van der Waals surface area contributed by atoms with Crippen LogP contribution in [0.3, 0.4) is 0 Å². The van der Waals surface area contributed by atoms with Gasteiger partial charge in [0.1, 0.15) is 0 Å². The van der Waals surface area contributed by atoms with E-state index in [1.807, 2.05) is 0 Å². The Morgan fingerprint density at radius 2 is 2.27 bits per heavy atom. The topological polar surface area (TPSA) is 35.8 Å². The molecule has 1 saturated heterocycles. The van der Waals surface area contributed by atoms with E-state index in [1.165, 1.54) is 12.8 Å². The van der Waals surface area contributed by atoms with E-state index >= 15 is 0 Å². The lowest BCUT2D eigenvalue weighted by Crippen LogP contribution is -2.23. The third kappa shape index (κ3) is 1.25. The summed E-state index contributed by atoms with van der Waals surface area (Å²) >= 11 is 0. The molecule has 0 aromatic carbocycles. The summed E-state index contributed by atoms with van der Waals surface area (Å²) in [6.45, 7) is 4.10. The molecule has 1 aliphatic carbocycles. The van der Waals surface area contributed by atoms with Gasteiger partial charge in [0.2, 0.25) is 0 Å². The number of hydrogen-bond donors (Lipinski definition) is 1. The Hall–Kier alpha value is -0.570. The summed E-state index contributed by atoms with van der Waals surface area (Å²) in [7, 11) is 0. The van der Waals surface area contributed by atoms with E-state index in [9.17, 15) is 0 Å². The molecule has 1 saturated carbocycles. The average Bonchev–Trinajstić information content (AvgIpc) is 2.76. The van der Waals surface area contributed by atoms with Gasteiger partial charge in [-0.2, -0.15) is 0 Å². The summed E-state index contributed by atoms with van der Waals surface area (Å²) in [5.74, 6) is 0.459. The van der Waals surface area contributed by atoms with E-state index in [-0.39, 0.29) is 0 Å². The van der Waals surface area contributed by atoms with E-state index in [1.54, 1.807) is 0 Å². The number of rotatable bonds is 1. The van der Waals surface area contributed by atoms with Crippen molar-refractivity contribution in [1.82, 2.24) is 4.90 Å². The van der Waals surface area contributed by atoms with Crippen LogP contribution in [-0.4, -0.2) is 35.0 Å². The zero-order chi connectivity index (χ0) is 7.84. The first-order valence-electron chi connectivity index (χ1n) is 4.26. The fourth-order valence-electron chi connectivity index (χ4n) is 1.73. The predicted molar refractivity (Wildman–Crippen MR) is 43.0 cm³/mol. The summed E-state index contributed by atoms with van der Waals surface area (Å²) in [6, 6.07) is 0.802. The molecule has 3 nitrogen and oxygen atoms in total. The van der Waals surface area contributed by atoms with Crippen molar-refractivity contribution in [2.75, 3.05) is 13.1 Å². The van der Waals surface area contributed by atoms with Gasteiger partial charge < -0.3 is 5.21 Å². The lowest BCUT2D eigenvalue weighted by Gasteiger charge is -2.11. The molecule has 0 spiro atoms. The maximum absolute atomic E-state index is 8.62. The summed E-state index contributed by atoms with van der Waals surface area (Å²) in [5, 5.41) is 11.9. The van der Waals surface area contributed by atoms with Crippen molar-refractivity contribution >= 4 is 5.71 Å². The molecule has 1 aliphatic heterocycles. The zero-order valence-corrected chi connectivity index (χ0v) is 6.82. The monoisotopic (exact) mass is 154 g/mol. The minimum Gasteiger partial charge on any atom is -0.411 e. The quantitative estimate of drug-likeness (QED) is 0.450. The molecule has 0 aromatic rings. The van der Waals surface area contributed by atoms with E-state index in [0.29, 0.717) is 5.92 Å². The highest BCUT2D eigenvalue weighted by atomic mass is 16.4. The highest BCUT2D eigenvalue weighted by Crippen LogP contribution is 2.30. The summed E-state index contributed by atoms with van der Waals surface area (Å²) in [5.41, 5.74) is 0.955. The van der Waals surface area contributed by atoms with Crippen LogP contribution in [0.5, 0.6) is 0 Å². The fourth-order valence-corrected chi connectivity index (χ4v) is 1.73. The van der Waals surface area contributed by atoms with E-state index in [0.717, 1.165) is 24.8 Å². The number of oxime groups is 1. The third-order valence-electron chi connectivity index (χ3n) is 2.63. The molecule has 11 heavy (non-hydrogen) atoms.